The maximum Gasteiger partial charge on any atom is 0.416 e. The molecule has 1 aliphatic heterocycles. The molecule has 1 heterocycles. The summed E-state index contributed by atoms with van der Waals surface area (Å²) in [6.07, 6.45) is -3.27. The van der Waals surface area contributed by atoms with E-state index in [-0.39, 0.29) is 0 Å². The van der Waals surface area contributed by atoms with Gasteiger partial charge in [0.05, 0.1) is 11.2 Å². The van der Waals surface area contributed by atoms with E-state index in [0.717, 1.165) is 12.1 Å². The molecule has 3 nitrogen and oxygen atoms in total. The van der Waals surface area contributed by atoms with Gasteiger partial charge in [0.25, 0.3) is 0 Å². The molecule has 106 valence electrons. The van der Waals surface area contributed by atoms with Gasteiger partial charge in [-0.2, -0.15) is 13.2 Å². The maximum atomic E-state index is 12.4. The van der Waals surface area contributed by atoms with Gasteiger partial charge in [-0.05, 0) is 24.3 Å². The molecule has 0 bridgehead atoms. The van der Waals surface area contributed by atoms with Crippen molar-refractivity contribution < 1.29 is 23.0 Å². The number of halogens is 3. The second-order valence-corrected chi connectivity index (χ2v) is 4.77. The van der Waals surface area contributed by atoms with Crippen molar-refractivity contribution in [1.82, 2.24) is 0 Å². The fraction of sp³-hybridized carbons (Fsp3) is 0.538. The normalized spacial score (nSPS) is 19.2. The van der Waals surface area contributed by atoms with Crippen LogP contribution in [-0.2, 0) is 10.9 Å². The van der Waals surface area contributed by atoms with Crippen LogP contribution in [0.3, 0.4) is 0 Å². The Hall–Kier alpha value is -1.27. The van der Waals surface area contributed by atoms with Crippen LogP contribution >= 0.6 is 0 Å². The van der Waals surface area contributed by atoms with Crippen LogP contribution in [0.15, 0.2) is 24.3 Å². The summed E-state index contributed by atoms with van der Waals surface area (Å²) in [5.74, 6) is 0. The van der Waals surface area contributed by atoms with Crippen molar-refractivity contribution in [1.29, 1.82) is 0 Å². The largest absolute Gasteiger partial charge is 0.416 e. The number of benzene rings is 1. The fourth-order valence-corrected chi connectivity index (χ4v) is 1.97. The van der Waals surface area contributed by atoms with Crippen LogP contribution in [0.2, 0.25) is 0 Å². The molecule has 0 unspecified atom stereocenters. The van der Waals surface area contributed by atoms with Gasteiger partial charge in [-0.25, -0.2) is 0 Å². The van der Waals surface area contributed by atoms with Crippen LogP contribution in [-0.4, -0.2) is 30.5 Å². The first-order valence-electron chi connectivity index (χ1n) is 6.10. The lowest BCUT2D eigenvalue weighted by Crippen LogP contribution is -2.42. The fourth-order valence-electron chi connectivity index (χ4n) is 1.97. The summed E-state index contributed by atoms with van der Waals surface area (Å²) in [5.41, 5.74) is -0.961. The van der Waals surface area contributed by atoms with Crippen LogP contribution < -0.4 is 5.32 Å². The van der Waals surface area contributed by atoms with Gasteiger partial charge in [0.2, 0.25) is 0 Å². The molecule has 0 aliphatic carbocycles. The molecule has 6 heteroatoms. The monoisotopic (exact) mass is 275 g/mol. The Morgan fingerprint density at radius 1 is 1.16 bits per heavy atom. The molecule has 0 amide bonds. The minimum Gasteiger partial charge on any atom is -0.388 e. The van der Waals surface area contributed by atoms with E-state index in [1.165, 1.54) is 12.1 Å². The molecule has 0 aromatic heterocycles. The van der Waals surface area contributed by atoms with E-state index >= 15 is 0 Å². The zero-order chi connectivity index (χ0) is 13.9. The summed E-state index contributed by atoms with van der Waals surface area (Å²) in [6.45, 7) is 1.32. The van der Waals surface area contributed by atoms with E-state index in [2.05, 4.69) is 5.32 Å². The molecule has 1 aromatic rings. The third kappa shape index (κ3) is 3.84. The summed E-state index contributed by atoms with van der Waals surface area (Å²) < 4.78 is 42.3. The van der Waals surface area contributed by atoms with Crippen molar-refractivity contribution in [2.45, 2.75) is 24.6 Å². The van der Waals surface area contributed by atoms with Crippen LogP contribution in [0.5, 0.6) is 0 Å². The third-order valence-electron chi connectivity index (χ3n) is 3.26. The molecule has 0 radical (unpaired) electrons. The second kappa shape index (κ2) is 5.38. The molecule has 2 rings (SSSR count). The standard InChI is InChI=1S/C13H16F3NO2/c14-13(15,16)10-1-3-11(4-2-10)17-9-12(18)5-7-19-8-6-12/h1-4,17-18H,5-9H2. The lowest BCUT2D eigenvalue weighted by atomic mass is 9.94. The number of nitrogens with one attached hydrogen (secondary N) is 1. The van der Waals surface area contributed by atoms with Crippen molar-refractivity contribution in [3.8, 4) is 0 Å². The molecule has 1 saturated heterocycles. The first kappa shape index (κ1) is 14.1. The van der Waals surface area contributed by atoms with Gasteiger partial charge >= 0.3 is 6.18 Å². The Labute approximate surface area is 109 Å². The SMILES string of the molecule is OC1(CNc2ccc(C(F)(F)F)cc2)CCOCC1. The molecule has 0 spiro atoms. The predicted molar refractivity (Wildman–Crippen MR) is 64.9 cm³/mol. The van der Waals surface area contributed by atoms with Crippen LogP contribution in [0.4, 0.5) is 18.9 Å². The highest BCUT2D eigenvalue weighted by molar-refractivity contribution is 5.45. The topological polar surface area (TPSA) is 41.5 Å². The highest BCUT2D eigenvalue weighted by Crippen LogP contribution is 2.30. The molecule has 1 aromatic carbocycles. The first-order valence-corrected chi connectivity index (χ1v) is 6.10. The van der Waals surface area contributed by atoms with E-state index in [1.54, 1.807) is 0 Å². The van der Waals surface area contributed by atoms with Crippen LogP contribution in [0, 0.1) is 0 Å². The average Bonchev–Trinajstić information content (AvgIpc) is 2.37. The van der Waals surface area contributed by atoms with Gasteiger partial charge in [0.15, 0.2) is 0 Å². The predicted octanol–water partition coefficient (Wildman–Crippen LogP) is 2.66. The van der Waals surface area contributed by atoms with Crippen LogP contribution in [0.1, 0.15) is 18.4 Å². The molecular weight excluding hydrogens is 259 g/mol. The minimum absolute atomic E-state index is 0.307. The Balaban J connectivity index is 1.93. The Kier molecular flexibility index (Phi) is 4.01. The number of alkyl halides is 3. The highest BCUT2D eigenvalue weighted by atomic mass is 19.4. The maximum absolute atomic E-state index is 12.4. The summed E-state index contributed by atoms with van der Waals surface area (Å²) in [7, 11) is 0. The van der Waals surface area contributed by atoms with E-state index in [4.69, 9.17) is 4.74 Å². The lowest BCUT2D eigenvalue weighted by molar-refractivity contribution is -0.137. The van der Waals surface area contributed by atoms with Crippen molar-refractivity contribution in [3.63, 3.8) is 0 Å². The van der Waals surface area contributed by atoms with Gasteiger partial charge in [-0.1, -0.05) is 0 Å². The number of aliphatic hydroxyl groups is 1. The summed E-state index contributed by atoms with van der Waals surface area (Å²) in [5, 5.41) is 13.2. The van der Waals surface area contributed by atoms with E-state index < -0.39 is 17.3 Å². The molecule has 1 aliphatic rings. The molecule has 0 saturated carbocycles. The van der Waals surface area contributed by atoms with Crippen molar-refractivity contribution in [3.05, 3.63) is 29.8 Å². The number of rotatable bonds is 3. The average molecular weight is 275 g/mol. The second-order valence-electron chi connectivity index (χ2n) is 4.77. The third-order valence-corrected chi connectivity index (χ3v) is 3.26. The van der Waals surface area contributed by atoms with Crippen LogP contribution in [0.25, 0.3) is 0 Å². The number of hydrogen-bond acceptors (Lipinski definition) is 3. The number of hydrogen-bond donors (Lipinski definition) is 2. The highest BCUT2D eigenvalue weighted by Gasteiger charge is 2.31. The summed E-state index contributed by atoms with van der Waals surface area (Å²) in [4.78, 5) is 0. The number of anilines is 1. The zero-order valence-electron chi connectivity index (χ0n) is 10.3. The molecule has 2 N–H and O–H groups in total. The summed E-state index contributed by atoms with van der Waals surface area (Å²) in [6, 6.07) is 4.78. The smallest absolute Gasteiger partial charge is 0.388 e. The quantitative estimate of drug-likeness (QED) is 0.891. The number of ether oxygens (including phenoxy) is 1. The van der Waals surface area contributed by atoms with E-state index in [9.17, 15) is 18.3 Å². The molecule has 19 heavy (non-hydrogen) atoms. The summed E-state index contributed by atoms with van der Waals surface area (Å²) >= 11 is 0. The molecule has 1 fully saturated rings. The van der Waals surface area contributed by atoms with Crippen molar-refractivity contribution >= 4 is 5.69 Å². The Morgan fingerprint density at radius 3 is 2.26 bits per heavy atom. The van der Waals surface area contributed by atoms with Crippen molar-refractivity contribution in [2.75, 3.05) is 25.1 Å². The van der Waals surface area contributed by atoms with E-state index in [1.807, 2.05) is 0 Å². The van der Waals surface area contributed by atoms with Gasteiger partial charge in [0.1, 0.15) is 0 Å². The Morgan fingerprint density at radius 2 is 1.74 bits per heavy atom. The van der Waals surface area contributed by atoms with Gasteiger partial charge in [0, 0.05) is 38.3 Å². The lowest BCUT2D eigenvalue weighted by Gasteiger charge is -2.32. The minimum atomic E-state index is -4.32. The Bertz CT molecular complexity index is 411. The molecule has 0 atom stereocenters. The molecular formula is C13H16F3NO2. The zero-order valence-corrected chi connectivity index (χ0v) is 10.3. The van der Waals surface area contributed by atoms with Gasteiger partial charge in [-0.15, -0.1) is 0 Å². The van der Waals surface area contributed by atoms with Gasteiger partial charge < -0.3 is 15.2 Å². The van der Waals surface area contributed by atoms with Crippen molar-refractivity contribution in [2.24, 2.45) is 0 Å². The van der Waals surface area contributed by atoms with E-state index in [0.29, 0.717) is 38.3 Å². The van der Waals surface area contributed by atoms with Gasteiger partial charge in [-0.3, -0.25) is 0 Å². The first-order chi connectivity index (χ1) is 8.89.